The molecule has 0 spiro atoms. The second-order valence-corrected chi connectivity index (χ2v) is 7.08. The standard InChI is InChI=1S/C22H28N2O2/c1-17-8-10-19(11-9-17)21(24-12-3-4-13-24)15-23-22(25)16-26-20-7-5-6-18(2)14-20/h5-11,14,21H,3-4,12-13,15-16H2,1-2H3,(H,23,25). The number of amides is 1. The Hall–Kier alpha value is -2.33. The van der Waals surface area contributed by atoms with Crippen molar-refractivity contribution in [3.05, 3.63) is 65.2 Å². The van der Waals surface area contributed by atoms with E-state index in [1.807, 2.05) is 31.2 Å². The van der Waals surface area contributed by atoms with Crippen molar-refractivity contribution in [2.45, 2.75) is 32.7 Å². The summed E-state index contributed by atoms with van der Waals surface area (Å²) in [4.78, 5) is 14.7. The third-order valence-corrected chi connectivity index (χ3v) is 4.90. The maximum atomic E-state index is 12.3. The van der Waals surface area contributed by atoms with Gasteiger partial charge in [0.2, 0.25) is 0 Å². The number of carbonyl (C=O) groups excluding carboxylic acids is 1. The Labute approximate surface area is 156 Å². The molecule has 1 aliphatic rings. The van der Waals surface area contributed by atoms with Gasteiger partial charge >= 0.3 is 0 Å². The molecule has 0 radical (unpaired) electrons. The highest BCUT2D eigenvalue weighted by atomic mass is 16.5. The van der Waals surface area contributed by atoms with Crippen LogP contribution in [0.4, 0.5) is 0 Å². The number of nitrogens with one attached hydrogen (secondary N) is 1. The molecule has 138 valence electrons. The molecular weight excluding hydrogens is 324 g/mol. The van der Waals surface area contributed by atoms with Crippen molar-refractivity contribution in [2.75, 3.05) is 26.2 Å². The molecule has 0 aromatic heterocycles. The van der Waals surface area contributed by atoms with Crippen molar-refractivity contribution in [3.63, 3.8) is 0 Å². The number of ether oxygens (including phenoxy) is 1. The SMILES string of the molecule is Cc1ccc(C(CNC(=O)COc2cccc(C)c2)N2CCCC2)cc1. The average molecular weight is 352 g/mol. The summed E-state index contributed by atoms with van der Waals surface area (Å²) in [6, 6.07) is 16.6. The van der Waals surface area contributed by atoms with Gasteiger partial charge in [-0.3, -0.25) is 9.69 Å². The molecule has 1 unspecified atom stereocenters. The molecule has 26 heavy (non-hydrogen) atoms. The van der Waals surface area contributed by atoms with Crippen molar-refractivity contribution >= 4 is 5.91 Å². The van der Waals surface area contributed by atoms with Gasteiger partial charge in [-0.15, -0.1) is 0 Å². The van der Waals surface area contributed by atoms with E-state index in [1.54, 1.807) is 0 Å². The summed E-state index contributed by atoms with van der Waals surface area (Å²) in [5.74, 6) is 0.651. The normalized spacial score (nSPS) is 15.6. The maximum absolute atomic E-state index is 12.3. The Morgan fingerprint density at radius 2 is 1.81 bits per heavy atom. The number of aryl methyl sites for hydroxylation is 2. The van der Waals surface area contributed by atoms with Crippen molar-refractivity contribution in [3.8, 4) is 5.75 Å². The predicted octanol–water partition coefficient (Wildman–Crippen LogP) is 3.64. The van der Waals surface area contributed by atoms with Crippen molar-refractivity contribution < 1.29 is 9.53 Å². The van der Waals surface area contributed by atoms with E-state index in [-0.39, 0.29) is 18.6 Å². The smallest absolute Gasteiger partial charge is 0.258 e. The van der Waals surface area contributed by atoms with E-state index in [1.165, 1.54) is 24.0 Å². The summed E-state index contributed by atoms with van der Waals surface area (Å²) in [5.41, 5.74) is 3.64. The quantitative estimate of drug-likeness (QED) is 0.827. The van der Waals surface area contributed by atoms with Gasteiger partial charge in [0.25, 0.3) is 5.91 Å². The van der Waals surface area contributed by atoms with Crippen molar-refractivity contribution in [1.82, 2.24) is 10.2 Å². The molecule has 1 saturated heterocycles. The van der Waals surface area contributed by atoms with Crippen LogP contribution in [0.5, 0.6) is 5.75 Å². The van der Waals surface area contributed by atoms with E-state index in [9.17, 15) is 4.79 Å². The van der Waals surface area contributed by atoms with E-state index >= 15 is 0 Å². The van der Waals surface area contributed by atoms with E-state index in [2.05, 4.69) is 41.4 Å². The monoisotopic (exact) mass is 352 g/mol. The van der Waals surface area contributed by atoms with Crippen LogP contribution >= 0.6 is 0 Å². The van der Waals surface area contributed by atoms with Crippen LogP contribution in [0.15, 0.2) is 48.5 Å². The fourth-order valence-corrected chi connectivity index (χ4v) is 3.42. The first-order valence-corrected chi connectivity index (χ1v) is 9.38. The van der Waals surface area contributed by atoms with E-state index in [0.29, 0.717) is 6.54 Å². The summed E-state index contributed by atoms with van der Waals surface area (Å²) in [5, 5.41) is 3.05. The van der Waals surface area contributed by atoms with Crippen LogP contribution in [0, 0.1) is 13.8 Å². The molecule has 4 heteroatoms. The molecule has 0 bridgehead atoms. The molecule has 3 rings (SSSR count). The van der Waals surface area contributed by atoms with E-state index in [4.69, 9.17) is 4.74 Å². The Kier molecular flexibility index (Phi) is 6.29. The van der Waals surface area contributed by atoms with Gasteiger partial charge in [0.15, 0.2) is 6.61 Å². The number of carbonyl (C=O) groups is 1. The second-order valence-electron chi connectivity index (χ2n) is 7.08. The van der Waals surface area contributed by atoms with Gasteiger partial charge in [-0.05, 0) is 63.0 Å². The molecule has 0 saturated carbocycles. The number of rotatable bonds is 7. The summed E-state index contributed by atoms with van der Waals surface area (Å²) in [6.07, 6.45) is 2.46. The Morgan fingerprint density at radius 3 is 2.50 bits per heavy atom. The lowest BCUT2D eigenvalue weighted by Crippen LogP contribution is -2.38. The highest BCUT2D eigenvalue weighted by molar-refractivity contribution is 5.77. The van der Waals surface area contributed by atoms with Crippen LogP contribution in [-0.4, -0.2) is 37.0 Å². The van der Waals surface area contributed by atoms with Crippen molar-refractivity contribution in [1.29, 1.82) is 0 Å². The molecule has 1 N–H and O–H groups in total. The Balaban J connectivity index is 1.56. The minimum absolute atomic E-state index is 0.0457. The average Bonchev–Trinajstić information content (AvgIpc) is 3.16. The van der Waals surface area contributed by atoms with Crippen LogP contribution in [0.3, 0.4) is 0 Å². The molecular formula is C22H28N2O2. The van der Waals surface area contributed by atoms with Gasteiger partial charge in [-0.25, -0.2) is 0 Å². The topological polar surface area (TPSA) is 41.6 Å². The number of benzene rings is 2. The van der Waals surface area contributed by atoms with Gasteiger partial charge in [0.05, 0.1) is 6.04 Å². The number of hydrogen-bond acceptors (Lipinski definition) is 3. The largest absolute Gasteiger partial charge is 0.484 e. The third kappa shape index (κ3) is 5.09. The first-order valence-electron chi connectivity index (χ1n) is 9.38. The lowest BCUT2D eigenvalue weighted by Gasteiger charge is -2.28. The highest BCUT2D eigenvalue weighted by Gasteiger charge is 2.23. The molecule has 2 aromatic carbocycles. The zero-order valence-corrected chi connectivity index (χ0v) is 15.7. The van der Waals surface area contributed by atoms with Crippen LogP contribution in [0.25, 0.3) is 0 Å². The summed E-state index contributed by atoms with van der Waals surface area (Å²) < 4.78 is 5.60. The zero-order chi connectivity index (χ0) is 18.4. The fourth-order valence-electron chi connectivity index (χ4n) is 3.42. The van der Waals surface area contributed by atoms with Crippen LogP contribution in [-0.2, 0) is 4.79 Å². The van der Waals surface area contributed by atoms with Crippen LogP contribution in [0.1, 0.15) is 35.6 Å². The minimum Gasteiger partial charge on any atom is -0.484 e. The lowest BCUT2D eigenvalue weighted by molar-refractivity contribution is -0.123. The summed E-state index contributed by atoms with van der Waals surface area (Å²) in [6.45, 7) is 6.94. The minimum atomic E-state index is -0.0807. The Morgan fingerprint density at radius 1 is 1.08 bits per heavy atom. The van der Waals surface area contributed by atoms with Crippen LogP contribution in [0.2, 0.25) is 0 Å². The van der Waals surface area contributed by atoms with E-state index in [0.717, 1.165) is 24.4 Å². The maximum Gasteiger partial charge on any atom is 0.258 e. The summed E-state index contributed by atoms with van der Waals surface area (Å²) >= 11 is 0. The lowest BCUT2D eigenvalue weighted by atomic mass is 10.0. The van der Waals surface area contributed by atoms with E-state index < -0.39 is 0 Å². The molecule has 1 amide bonds. The second kappa shape index (κ2) is 8.86. The molecule has 1 heterocycles. The van der Waals surface area contributed by atoms with Crippen molar-refractivity contribution in [2.24, 2.45) is 0 Å². The zero-order valence-electron chi connectivity index (χ0n) is 15.7. The van der Waals surface area contributed by atoms with Gasteiger partial charge < -0.3 is 10.1 Å². The van der Waals surface area contributed by atoms with Crippen LogP contribution < -0.4 is 10.1 Å². The molecule has 1 fully saturated rings. The van der Waals surface area contributed by atoms with Gasteiger partial charge in [-0.2, -0.15) is 0 Å². The Bertz CT molecular complexity index is 721. The summed E-state index contributed by atoms with van der Waals surface area (Å²) in [7, 11) is 0. The van der Waals surface area contributed by atoms with Gasteiger partial charge in [-0.1, -0.05) is 42.0 Å². The molecule has 1 atom stereocenters. The predicted molar refractivity (Wildman–Crippen MR) is 104 cm³/mol. The first-order chi connectivity index (χ1) is 12.6. The fraction of sp³-hybridized carbons (Fsp3) is 0.409. The van der Waals surface area contributed by atoms with Gasteiger partial charge in [0.1, 0.15) is 5.75 Å². The molecule has 4 nitrogen and oxygen atoms in total. The number of likely N-dealkylation sites (tertiary alicyclic amines) is 1. The highest BCUT2D eigenvalue weighted by Crippen LogP contribution is 2.25. The first kappa shape index (κ1) is 18.5. The van der Waals surface area contributed by atoms with Gasteiger partial charge in [0, 0.05) is 6.54 Å². The molecule has 0 aliphatic carbocycles. The molecule has 1 aliphatic heterocycles. The number of nitrogens with zero attached hydrogens (tertiary/aromatic N) is 1. The third-order valence-electron chi connectivity index (χ3n) is 4.90. The molecule has 2 aromatic rings. The number of hydrogen-bond donors (Lipinski definition) is 1.